The molecule has 1 aromatic rings. The first-order chi connectivity index (χ1) is 7.93. The predicted molar refractivity (Wildman–Crippen MR) is 65.7 cm³/mol. The van der Waals surface area contributed by atoms with Crippen LogP contribution in [0, 0.1) is 5.92 Å². The lowest BCUT2D eigenvalue weighted by molar-refractivity contribution is -0.0196. The quantitative estimate of drug-likeness (QED) is 0.870. The molecule has 2 atom stereocenters. The first-order valence-electron chi connectivity index (χ1n) is 5.32. The molecular formula is C12H16ClNO3. The van der Waals surface area contributed by atoms with Crippen molar-refractivity contribution >= 4 is 17.7 Å². The Morgan fingerprint density at radius 3 is 2.47 bits per heavy atom. The lowest BCUT2D eigenvalue weighted by atomic mass is 9.96. The fourth-order valence-corrected chi connectivity index (χ4v) is 1.84. The number of aliphatic hydroxyl groups is 1. The molecule has 0 saturated heterocycles. The van der Waals surface area contributed by atoms with Crippen LogP contribution >= 0.6 is 11.6 Å². The third-order valence-electron chi connectivity index (χ3n) is 2.44. The molecule has 0 aliphatic heterocycles. The van der Waals surface area contributed by atoms with Crippen LogP contribution in [0.1, 0.15) is 25.5 Å². The van der Waals surface area contributed by atoms with E-state index in [0.29, 0.717) is 10.6 Å². The van der Waals surface area contributed by atoms with Crippen LogP contribution in [0.5, 0.6) is 0 Å². The lowest BCUT2D eigenvalue weighted by Gasteiger charge is -2.26. The Bertz CT molecular complexity index is 395. The first-order valence-corrected chi connectivity index (χ1v) is 5.70. The minimum absolute atomic E-state index is 0.0752. The van der Waals surface area contributed by atoms with Crippen LogP contribution in [-0.2, 0) is 4.74 Å². The fourth-order valence-electron chi connectivity index (χ4n) is 1.59. The zero-order chi connectivity index (χ0) is 13.0. The van der Waals surface area contributed by atoms with Gasteiger partial charge >= 0.3 is 6.09 Å². The molecule has 1 aromatic carbocycles. The third-order valence-corrected chi connectivity index (χ3v) is 2.79. The van der Waals surface area contributed by atoms with Gasteiger partial charge in [0, 0.05) is 10.6 Å². The van der Waals surface area contributed by atoms with Gasteiger partial charge in [0.15, 0.2) is 0 Å². The summed E-state index contributed by atoms with van der Waals surface area (Å²) in [5, 5.41) is 10.6. The van der Waals surface area contributed by atoms with Gasteiger partial charge in [-0.05, 0) is 12.0 Å². The number of rotatable bonds is 4. The van der Waals surface area contributed by atoms with E-state index in [9.17, 15) is 9.90 Å². The summed E-state index contributed by atoms with van der Waals surface area (Å²) in [7, 11) is 0. The molecule has 0 spiro atoms. The molecule has 3 N–H and O–H groups in total. The van der Waals surface area contributed by atoms with Gasteiger partial charge in [-0.15, -0.1) is 0 Å². The van der Waals surface area contributed by atoms with E-state index in [1.54, 1.807) is 24.3 Å². The zero-order valence-corrected chi connectivity index (χ0v) is 10.5. The Balaban J connectivity index is 2.95. The number of carbonyl (C=O) groups excluding carboxylic acids is 1. The van der Waals surface area contributed by atoms with E-state index >= 15 is 0 Å². The highest BCUT2D eigenvalue weighted by Gasteiger charge is 2.28. The standard InChI is InChI=1S/C12H16ClNO3/c1-7(2)11(17-12(14)16)10(15)8-5-3-4-6-9(8)13/h3-7,10-11,15H,1-2H3,(H2,14,16). The highest BCUT2D eigenvalue weighted by Crippen LogP contribution is 2.29. The van der Waals surface area contributed by atoms with Crippen molar-refractivity contribution in [1.29, 1.82) is 0 Å². The van der Waals surface area contributed by atoms with Crippen LogP contribution in [0.4, 0.5) is 4.79 Å². The van der Waals surface area contributed by atoms with Crippen molar-refractivity contribution in [3.8, 4) is 0 Å². The number of primary amides is 1. The highest BCUT2D eigenvalue weighted by molar-refractivity contribution is 6.31. The van der Waals surface area contributed by atoms with Crippen molar-refractivity contribution < 1.29 is 14.6 Å². The molecule has 1 rings (SSSR count). The number of halogens is 1. The highest BCUT2D eigenvalue weighted by atomic mass is 35.5. The molecule has 0 heterocycles. The number of carbonyl (C=O) groups is 1. The molecule has 0 radical (unpaired) electrons. The molecule has 4 nitrogen and oxygen atoms in total. The lowest BCUT2D eigenvalue weighted by Crippen LogP contribution is -2.32. The fraction of sp³-hybridized carbons (Fsp3) is 0.417. The molecule has 17 heavy (non-hydrogen) atoms. The van der Waals surface area contributed by atoms with E-state index in [4.69, 9.17) is 22.1 Å². The van der Waals surface area contributed by atoms with Gasteiger partial charge in [-0.1, -0.05) is 43.6 Å². The molecule has 0 saturated carbocycles. The summed E-state index contributed by atoms with van der Waals surface area (Å²) in [5.41, 5.74) is 5.50. The second-order valence-corrected chi connectivity index (χ2v) is 4.52. The number of nitrogens with two attached hydrogens (primary N) is 1. The van der Waals surface area contributed by atoms with Crippen molar-refractivity contribution in [2.24, 2.45) is 11.7 Å². The summed E-state index contributed by atoms with van der Waals surface area (Å²) < 4.78 is 4.91. The number of aliphatic hydroxyl groups excluding tert-OH is 1. The SMILES string of the molecule is CC(C)C(OC(N)=O)C(O)c1ccccc1Cl. The van der Waals surface area contributed by atoms with Gasteiger partial charge < -0.3 is 15.6 Å². The Kier molecular flexibility index (Phi) is 4.78. The molecule has 1 amide bonds. The largest absolute Gasteiger partial charge is 0.443 e. The zero-order valence-electron chi connectivity index (χ0n) is 9.76. The molecule has 0 aliphatic rings. The van der Waals surface area contributed by atoms with E-state index in [0.717, 1.165) is 0 Å². The van der Waals surface area contributed by atoms with E-state index in [1.165, 1.54) is 0 Å². The molecule has 0 aliphatic carbocycles. The summed E-state index contributed by atoms with van der Waals surface area (Å²) in [5.74, 6) is -0.0752. The number of amides is 1. The summed E-state index contributed by atoms with van der Waals surface area (Å²) in [6.07, 6.45) is -2.61. The van der Waals surface area contributed by atoms with Crippen molar-refractivity contribution in [1.82, 2.24) is 0 Å². The van der Waals surface area contributed by atoms with Crippen molar-refractivity contribution in [3.05, 3.63) is 34.9 Å². The first kappa shape index (κ1) is 13.8. The molecule has 5 heteroatoms. The topological polar surface area (TPSA) is 72.5 Å². The summed E-state index contributed by atoms with van der Waals surface area (Å²) in [6, 6.07) is 6.87. The average molecular weight is 258 g/mol. The number of hydrogen-bond donors (Lipinski definition) is 2. The monoisotopic (exact) mass is 257 g/mol. The van der Waals surface area contributed by atoms with Gasteiger partial charge in [-0.2, -0.15) is 0 Å². The van der Waals surface area contributed by atoms with Crippen LogP contribution in [0.15, 0.2) is 24.3 Å². The molecule has 0 bridgehead atoms. The second kappa shape index (κ2) is 5.89. The summed E-state index contributed by atoms with van der Waals surface area (Å²) >= 11 is 5.97. The Morgan fingerprint density at radius 2 is 2.00 bits per heavy atom. The van der Waals surface area contributed by atoms with Gasteiger partial charge in [0.05, 0.1) is 0 Å². The van der Waals surface area contributed by atoms with E-state index < -0.39 is 18.3 Å². The number of hydrogen-bond acceptors (Lipinski definition) is 3. The average Bonchev–Trinajstić information content (AvgIpc) is 2.25. The molecule has 94 valence electrons. The maximum Gasteiger partial charge on any atom is 0.404 e. The van der Waals surface area contributed by atoms with Crippen molar-refractivity contribution in [2.45, 2.75) is 26.1 Å². The van der Waals surface area contributed by atoms with Gasteiger partial charge in [0.1, 0.15) is 12.2 Å². The molecule has 0 aromatic heterocycles. The van der Waals surface area contributed by atoms with Crippen LogP contribution in [0.3, 0.4) is 0 Å². The van der Waals surface area contributed by atoms with Crippen molar-refractivity contribution in [2.75, 3.05) is 0 Å². The molecule has 2 unspecified atom stereocenters. The van der Waals surface area contributed by atoms with E-state index in [-0.39, 0.29) is 5.92 Å². The number of ether oxygens (including phenoxy) is 1. The summed E-state index contributed by atoms with van der Waals surface area (Å²) in [6.45, 7) is 3.65. The van der Waals surface area contributed by atoms with E-state index in [1.807, 2.05) is 13.8 Å². The Labute approximate surface area is 105 Å². The normalized spacial score (nSPS) is 14.4. The predicted octanol–water partition coefficient (Wildman–Crippen LogP) is 2.49. The Hall–Kier alpha value is -1.26. The van der Waals surface area contributed by atoms with E-state index in [2.05, 4.69) is 0 Å². The third kappa shape index (κ3) is 3.61. The van der Waals surface area contributed by atoms with Crippen molar-refractivity contribution in [3.63, 3.8) is 0 Å². The minimum Gasteiger partial charge on any atom is -0.443 e. The Morgan fingerprint density at radius 1 is 1.41 bits per heavy atom. The van der Waals surface area contributed by atoms with Crippen LogP contribution in [-0.4, -0.2) is 17.3 Å². The second-order valence-electron chi connectivity index (χ2n) is 4.11. The smallest absolute Gasteiger partial charge is 0.404 e. The van der Waals surface area contributed by atoms with Crippen LogP contribution in [0.2, 0.25) is 5.02 Å². The van der Waals surface area contributed by atoms with Gasteiger partial charge in [-0.25, -0.2) is 4.79 Å². The van der Waals surface area contributed by atoms with Crippen LogP contribution < -0.4 is 5.73 Å². The molecular weight excluding hydrogens is 242 g/mol. The number of benzene rings is 1. The van der Waals surface area contributed by atoms with Crippen LogP contribution in [0.25, 0.3) is 0 Å². The van der Waals surface area contributed by atoms with Gasteiger partial charge in [0.2, 0.25) is 0 Å². The summed E-state index contributed by atoms with van der Waals surface area (Å²) in [4.78, 5) is 10.8. The maximum atomic E-state index is 10.8. The minimum atomic E-state index is -0.990. The maximum absolute atomic E-state index is 10.8. The van der Waals surface area contributed by atoms with Gasteiger partial charge in [0.25, 0.3) is 0 Å². The molecule has 0 fully saturated rings. The van der Waals surface area contributed by atoms with Gasteiger partial charge in [-0.3, -0.25) is 0 Å².